The third kappa shape index (κ3) is 3.06. The molecule has 1 aromatic rings. The number of thiophene rings is 1. The Morgan fingerprint density at radius 1 is 1.62 bits per heavy atom. The summed E-state index contributed by atoms with van der Waals surface area (Å²) in [6.45, 7) is 1.25. The Hall–Kier alpha value is -0.870. The van der Waals surface area contributed by atoms with Gasteiger partial charge in [-0.15, -0.1) is 11.3 Å². The summed E-state index contributed by atoms with van der Waals surface area (Å²) in [5.74, 6) is 0.188. The van der Waals surface area contributed by atoms with Crippen molar-refractivity contribution in [1.82, 2.24) is 4.90 Å². The average molecular weight is 239 g/mol. The Kier molecular flexibility index (Phi) is 3.96. The molecule has 1 aliphatic heterocycles. The number of rotatable bonds is 4. The van der Waals surface area contributed by atoms with E-state index in [-0.39, 0.29) is 12.0 Å². The van der Waals surface area contributed by atoms with Crippen molar-refractivity contribution in [3.8, 4) is 0 Å². The molecule has 0 aliphatic carbocycles. The summed E-state index contributed by atoms with van der Waals surface area (Å²) in [6.07, 6.45) is 2.92. The summed E-state index contributed by atoms with van der Waals surface area (Å²) >= 11 is 1.74. The first-order valence-electron chi connectivity index (χ1n) is 5.74. The van der Waals surface area contributed by atoms with Crippen molar-refractivity contribution in [3.63, 3.8) is 0 Å². The minimum atomic E-state index is -0.304. The lowest BCUT2D eigenvalue weighted by atomic mass is 10.2. The number of nitrogens with zero attached hydrogens (tertiary/aromatic N) is 1. The van der Waals surface area contributed by atoms with Crippen LogP contribution < -0.4 is 0 Å². The van der Waals surface area contributed by atoms with Gasteiger partial charge in [0.15, 0.2) is 0 Å². The number of aliphatic hydroxyl groups is 1. The van der Waals surface area contributed by atoms with Crippen LogP contribution in [0.2, 0.25) is 0 Å². The van der Waals surface area contributed by atoms with Crippen molar-refractivity contribution in [2.24, 2.45) is 0 Å². The quantitative estimate of drug-likeness (QED) is 0.868. The fraction of sp³-hybridized carbons (Fsp3) is 0.583. The normalized spacial score (nSPS) is 20.3. The number of carbonyl (C=O) groups excluding carboxylic acids is 1. The second-order valence-electron chi connectivity index (χ2n) is 4.22. The van der Waals surface area contributed by atoms with Gasteiger partial charge in [-0.2, -0.15) is 0 Å². The van der Waals surface area contributed by atoms with Crippen LogP contribution in [-0.2, 0) is 11.2 Å². The van der Waals surface area contributed by atoms with Gasteiger partial charge in [0, 0.05) is 24.4 Å². The van der Waals surface area contributed by atoms with E-state index in [1.54, 1.807) is 16.2 Å². The summed E-state index contributed by atoms with van der Waals surface area (Å²) in [5.41, 5.74) is 0. The Labute approximate surface area is 99.7 Å². The van der Waals surface area contributed by atoms with Crippen LogP contribution in [0, 0.1) is 0 Å². The zero-order valence-electron chi connectivity index (χ0n) is 9.26. The van der Waals surface area contributed by atoms with Gasteiger partial charge in [-0.1, -0.05) is 6.07 Å². The van der Waals surface area contributed by atoms with E-state index in [9.17, 15) is 9.90 Å². The molecule has 1 unspecified atom stereocenters. The van der Waals surface area contributed by atoms with Gasteiger partial charge in [0.05, 0.1) is 6.10 Å². The highest BCUT2D eigenvalue weighted by atomic mass is 32.1. The summed E-state index contributed by atoms with van der Waals surface area (Å²) in [7, 11) is 0. The largest absolute Gasteiger partial charge is 0.391 e. The monoisotopic (exact) mass is 239 g/mol. The van der Waals surface area contributed by atoms with Crippen LogP contribution in [-0.4, -0.2) is 35.1 Å². The van der Waals surface area contributed by atoms with Gasteiger partial charge in [0.25, 0.3) is 0 Å². The first-order valence-corrected chi connectivity index (χ1v) is 6.62. The molecule has 2 rings (SSSR count). The molecule has 1 amide bonds. The lowest BCUT2D eigenvalue weighted by Gasteiger charge is -2.14. The Bertz CT molecular complexity index is 337. The number of hydrogen-bond donors (Lipinski definition) is 1. The predicted octanol–water partition coefficient (Wildman–Crippen LogP) is 1.66. The molecule has 1 N–H and O–H groups in total. The molecule has 88 valence electrons. The second-order valence-corrected chi connectivity index (χ2v) is 5.25. The van der Waals surface area contributed by atoms with Gasteiger partial charge in [-0.25, -0.2) is 0 Å². The van der Waals surface area contributed by atoms with Crippen molar-refractivity contribution in [1.29, 1.82) is 0 Å². The topological polar surface area (TPSA) is 40.5 Å². The lowest BCUT2D eigenvalue weighted by Crippen LogP contribution is -2.29. The second kappa shape index (κ2) is 5.46. The standard InChI is InChI=1S/C12H17NO2S/c14-10-6-7-13(9-10)12(15)5-1-3-11-4-2-8-16-11/h2,4,8,10,14H,1,3,5-7,9H2. The molecule has 0 radical (unpaired) electrons. The average Bonchev–Trinajstić information content (AvgIpc) is 2.89. The van der Waals surface area contributed by atoms with E-state index in [2.05, 4.69) is 11.4 Å². The molecule has 0 spiro atoms. The molecule has 1 saturated heterocycles. The van der Waals surface area contributed by atoms with Gasteiger partial charge in [-0.05, 0) is 30.7 Å². The van der Waals surface area contributed by atoms with E-state index in [0.29, 0.717) is 13.0 Å². The molecule has 1 atom stereocenters. The first kappa shape index (κ1) is 11.6. The van der Waals surface area contributed by atoms with Gasteiger partial charge < -0.3 is 10.0 Å². The molecule has 1 aromatic heterocycles. The van der Waals surface area contributed by atoms with Gasteiger partial charge in [0.2, 0.25) is 5.91 Å². The van der Waals surface area contributed by atoms with Crippen molar-refractivity contribution >= 4 is 17.2 Å². The fourth-order valence-electron chi connectivity index (χ4n) is 2.00. The molecule has 0 bridgehead atoms. The lowest BCUT2D eigenvalue weighted by molar-refractivity contribution is -0.130. The Balaban J connectivity index is 1.68. The van der Waals surface area contributed by atoms with Gasteiger partial charge in [-0.3, -0.25) is 4.79 Å². The maximum Gasteiger partial charge on any atom is 0.222 e. The molecular formula is C12H17NO2S. The van der Waals surface area contributed by atoms with E-state index >= 15 is 0 Å². The maximum atomic E-state index is 11.7. The van der Waals surface area contributed by atoms with Gasteiger partial charge in [0.1, 0.15) is 0 Å². The number of amides is 1. The predicted molar refractivity (Wildman–Crippen MR) is 64.5 cm³/mol. The number of aliphatic hydroxyl groups excluding tert-OH is 1. The third-order valence-corrected chi connectivity index (χ3v) is 3.85. The summed E-state index contributed by atoms with van der Waals surface area (Å²) in [4.78, 5) is 14.9. The molecule has 1 fully saturated rings. The third-order valence-electron chi connectivity index (χ3n) is 2.91. The molecule has 0 saturated carbocycles. The Morgan fingerprint density at radius 3 is 3.12 bits per heavy atom. The van der Waals surface area contributed by atoms with Crippen LogP contribution in [0.4, 0.5) is 0 Å². The minimum Gasteiger partial charge on any atom is -0.391 e. The molecule has 1 aliphatic rings. The first-order chi connectivity index (χ1) is 7.75. The number of hydrogen-bond acceptors (Lipinski definition) is 3. The zero-order valence-corrected chi connectivity index (χ0v) is 10.1. The van der Waals surface area contributed by atoms with E-state index < -0.39 is 0 Å². The Morgan fingerprint density at radius 2 is 2.50 bits per heavy atom. The molecule has 4 heteroatoms. The summed E-state index contributed by atoms with van der Waals surface area (Å²) in [5, 5.41) is 11.4. The molecular weight excluding hydrogens is 222 g/mol. The van der Waals surface area contributed by atoms with Crippen molar-refractivity contribution in [2.75, 3.05) is 13.1 Å². The van der Waals surface area contributed by atoms with Crippen LogP contribution in [0.15, 0.2) is 17.5 Å². The van der Waals surface area contributed by atoms with Crippen LogP contribution in [0.3, 0.4) is 0 Å². The number of β-amino-alcohol motifs (C(OH)–C–C–N with tert-alkyl or cyclic N) is 1. The SMILES string of the molecule is O=C(CCCc1cccs1)N1CCC(O)C1. The van der Waals surface area contributed by atoms with Crippen LogP contribution in [0.25, 0.3) is 0 Å². The highest BCUT2D eigenvalue weighted by Crippen LogP contribution is 2.14. The molecule has 0 aromatic carbocycles. The van der Waals surface area contributed by atoms with E-state index in [1.165, 1.54) is 4.88 Å². The van der Waals surface area contributed by atoms with Crippen LogP contribution in [0.1, 0.15) is 24.1 Å². The maximum absolute atomic E-state index is 11.7. The van der Waals surface area contributed by atoms with E-state index in [1.807, 2.05) is 6.07 Å². The van der Waals surface area contributed by atoms with Crippen molar-refractivity contribution in [2.45, 2.75) is 31.8 Å². The summed E-state index contributed by atoms with van der Waals surface area (Å²) < 4.78 is 0. The van der Waals surface area contributed by atoms with Crippen molar-refractivity contribution in [3.05, 3.63) is 22.4 Å². The molecule has 3 nitrogen and oxygen atoms in total. The van der Waals surface area contributed by atoms with Crippen LogP contribution >= 0.6 is 11.3 Å². The van der Waals surface area contributed by atoms with Crippen molar-refractivity contribution < 1.29 is 9.90 Å². The number of carbonyl (C=O) groups is 1. The van der Waals surface area contributed by atoms with Gasteiger partial charge >= 0.3 is 0 Å². The highest BCUT2D eigenvalue weighted by molar-refractivity contribution is 7.09. The molecule has 2 heterocycles. The minimum absolute atomic E-state index is 0.188. The van der Waals surface area contributed by atoms with E-state index in [4.69, 9.17) is 0 Å². The number of likely N-dealkylation sites (tertiary alicyclic amines) is 1. The number of aryl methyl sites for hydroxylation is 1. The van der Waals surface area contributed by atoms with E-state index in [0.717, 1.165) is 25.8 Å². The molecule has 16 heavy (non-hydrogen) atoms. The summed E-state index contributed by atoms with van der Waals surface area (Å²) in [6, 6.07) is 4.15. The smallest absolute Gasteiger partial charge is 0.222 e. The highest BCUT2D eigenvalue weighted by Gasteiger charge is 2.23. The fourth-order valence-corrected chi connectivity index (χ4v) is 2.75. The zero-order chi connectivity index (χ0) is 11.4. The van der Waals surface area contributed by atoms with Crippen LogP contribution in [0.5, 0.6) is 0 Å².